The van der Waals surface area contributed by atoms with Gasteiger partial charge in [-0.1, -0.05) is 18.6 Å². The van der Waals surface area contributed by atoms with Crippen molar-refractivity contribution in [3.63, 3.8) is 0 Å². The van der Waals surface area contributed by atoms with E-state index in [9.17, 15) is 9.90 Å². The minimum atomic E-state index is 0.0937. The van der Waals surface area contributed by atoms with Crippen LogP contribution in [0, 0.1) is 0 Å². The van der Waals surface area contributed by atoms with E-state index in [1.54, 1.807) is 12.0 Å². The lowest BCUT2D eigenvalue weighted by Crippen LogP contribution is -2.47. The van der Waals surface area contributed by atoms with Gasteiger partial charge < -0.3 is 14.7 Å². The first-order valence-corrected chi connectivity index (χ1v) is 7.86. The normalized spacial score (nSPS) is 19.0. The smallest absolute Gasteiger partial charge is 0.236 e. The van der Waals surface area contributed by atoms with Gasteiger partial charge in [-0.2, -0.15) is 0 Å². The Kier molecular flexibility index (Phi) is 6.21. The molecule has 1 atom stereocenters. The molecule has 1 aliphatic rings. The largest absolute Gasteiger partial charge is 0.497 e. The number of aliphatic hydroxyl groups is 1. The van der Waals surface area contributed by atoms with Crippen LogP contribution in [0.25, 0.3) is 0 Å². The van der Waals surface area contributed by atoms with E-state index in [4.69, 9.17) is 4.74 Å². The maximum Gasteiger partial charge on any atom is 0.236 e. The lowest BCUT2D eigenvalue weighted by Gasteiger charge is -2.34. The standard InChI is InChI=1S/C17H26N2O3/c1-18(11-14-6-8-16(22-2)9-7-14)17(21)12-19-10-4-3-5-15(19)13-20/h6-9,15,20H,3-5,10-13H2,1-2H3. The molecule has 0 radical (unpaired) electrons. The Morgan fingerprint density at radius 3 is 2.73 bits per heavy atom. The van der Waals surface area contributed by atoms with Crippen molar-refractivity contribution in [2.45, 2.75) is 31.8 Å². The van der Waals surface area contributed by atoms with Crippen molar-refractivity contribution in [3.8, 4) is 5.75 Å². The van der Waals surface area contributed by atoms with E-state index < -0.39 is 0 Å². The van der Waals surface area contributed by atoms with Crippen molar-refractivity contribution in [1.29, 1.82) is 0 Å². The first kappa shape index (κ1) is 16.8. The fourth-order valence-electron chi connectivity index (χ4n) is 2.86. The third-order valence-electron chi connectivity index (χ3n) is 4.30. The lowest BCUT2D eigenvalue weighted by molar-refractivity contribution is -0.132. The summed E-state index contributed by atoms with van der Waals surface area (Å²) in [6.07, 6.45) is 3.22. The second-order valence-electron chi connectivity index (χ2n) is 5.90. The number of hydrogen-bond acceptors (Lipinski definition) is 4. The molecule has 5 heteroatoms. The zero-order chi connectivity index (χ0) is 15.9. The minimum absolute atomic E-state index is 0.0937. The molecule has 1 aromatic carbocycles. The third-order valence-corrected chi connectivity index (χ3v) is 4.30. The van der Waals surface area contributed by atoms with Gasteiger partial charge in [0, 0.05) is 19.6 Å². The van der Waals surface area contributed by atoms with Crippen molar-refractivity contribution in [1.82, 2.24) is 9.80 Å². The highest BCUT2D eigenvalue weighted by Gasteiger charge is 2.24. The number of ether oxygens (including phenoxy) is 1. The number of aliphatic hydroxyl groups excluding tert-OH is 1. The van der Waals surface area contributed by atoms with E-state index in [1.807, 2.05) is 31.3 Å². The van der Waals surface area contributed by atoms with Crippen LogP contribution in [0.1, 0.15) is 24.8 Å². The van der Waals surface area contributed by atoms with Crippen LogP contribution in [0.15, 0.2) is 24.3 Å². The Morgan fingerprint density at radius 2 is 2.09 bits per heavy atom. The third kappa shape index (κ3) is 4.45. The van der Waals surface area contributed by atoms with Crippen LogP contribution in [-0.4, -0.2) is 60.7 Å². The second-order valence-corrected chi connectivity index (χ2v) is 5.90. The van der Waals surface area contributed by atoms with Crippen LogP contribution >= 0.6 is 0 Å². The molecule has 1 saturated heterocycles. The molecule has 0 spiro atoms. The molecule has 122 valence electrons. The van der Waals surface area contributed by atoms with E-state index in [2.05, 4.69) is 4.90 Å². The van der Waals surface area contributed by atoms with E-state index in [-0.39, 0.29) is 18.6 Å². The summed E-state index contributed by atoms with van der Waals surface area (Å²) in [6, 6.07) is 7.88. The van der Waals surface area contributed by atoms with E-state index in [0.717, 1.165) is 37.1 Å². The number of methoxy groups -OCH3 is 1. The maximum absolute atomic E-state index is 12.4. The molecule has 1 unspecified atom stereocenters. The summed E-state index contributed by atoms with van der Waals surface area (Å²) in [7, 11) is 3.46. The van der Waals surface area contributed by atoms with Gasteiger partial charge in [0.25, 0.3) is 0 Å². The first-order chi connectivity index (χ1) is 10.6. The minimum Gasteiger partial charge on any atom is -0.497 e. The molecule has 0 bridgehead atoms. The number of benzene rings is 1. The number of carbonyl (C=O) groups is 1. The van der Waals surface area contributed by atoms with Gasteiger partial charge >= 0.3 is 0 Å². The lowest BCUT2D eigenvalue weighted by atomic mass is 10.0. The summed E-state index contributed by atoms with van der Waals surface area (Å²) in [5, 5.41) is 9.42. The van der Waals surface area contributed by atoms with Gasteiger partial charge in [-0.3, -0.25) is 9.69 Å². The number of piperidine rings is 1. The zero-order valence-corrected chi connectivity index (χ0v) is 13.5. The van der Waals surface area contributed by atoms with E-state index in [1.165, 1.54) is 0 Å². The number of nitrogens with zero attached hydrogens (tertiary/aromatic N) is 2. The molecular formula is C17H26N2O3. The highest BCUT2D eigenvalue weighted by Crippen LogP contribution is 2.17. The van der Waals surface area contributed by atoms with Crippen molar-refractivity contribution in [2.24, 2.45) is 0 Å². The molecule has 0 saturated carbocycles. The Morgan fingerprint density at radius 1 is 1.36 bits per heavy atom. The number of likely N-dealkylation sites (N-methyl/N-ethyl adjacent to an activating group) is 1. The van der Waals surface area contributed by atoms with Crippen molar-refractivity contribution >= 4 is 5.91 Å². The average Bonchev–Trinajstić information content (AvgIpc) is 2.56. The monoisotopic (exact) mass is 306 g/mol. The van der Waals surface area contributed by atoms with Crippen LogP contribution < -0.4 is 4.74 Å². The molecule has 1 fully saturated rings. The topological polar surface area (TPSA) is 53.0 Å². The number of amides is 1. The molecule has 2 rings (SSSR count). The van der Waals surface area contributed by atoms with Crippen LogP contribution in [0.5, 0.6) is 5.75 Å². The number of rotatable bonds is 6. The van der Waals surface area contributed by atoms with Gasteiger partial charge in [-0.15, -0.1) is 0 Å². The van der Waals surface area contributed by atoms with Gasteiger partial charge in [-0.05, 0) is 37.1 Å². The molecule has 1 amide bonds. The summed E-state index contributed by atoms with van der Waals surface area (Å²) < 4.78 is 5.14. The SMILES string of the molecule is COc1ccc(CN(C)C(=O)CN2CCCCC2CO)cc1. The molecule has 1 N–H and O–H groups in total. The fourth-order valence-corrected chi connectivity index (χ4v) is 2.86. The van der Waals surface area contributed by atoms with Crippen LogP contribution in [0.4, 0.5) is 0 Å². The van der Waals surface area contributed by atoms with E-state index in [0.29, 0.717) is 13.1 Å². The van der Waals surface area contributed by atoms with Gasteiger partial charge in [0.2, 0.25) is 5.91 Å². The van der Waals surface area contributed by atoms with Crippen molar-refractivity contribution in [2.75, 3.05) is 33.9 Å². The maximum atomic E-state index is 12.4. The highest BCUT2D eigenvalue weighted by molar-refractivity contribution is 5.78. The molecule has 22 heavy (non-hydrogen) atoms. The van der Waals surface area contributed by atoms with Gasteiger partial charge in [0.1, 0.15) is 5.75 Å². The number of hydrogen-bond donors (Lipinski definition) is 1. The van der Waals surface area contributed by atoms with E-state index >= 15 is 0 Å². The summed E-state index contributed by atoms with van der Waals surface area (Å²) in [5.41, 5.74) is 1.08. The van der Waals surface area contributed by atoms with Crippen LogP contribution in [0.2, 0.25) is 0 Å². The molecular weight excluding hydrogens is 280 g/mol. The molecule has 1 aromatic rings. The van der Waals surface area contributed by atoms with Gasteiger partial charge in [0.05, 0.1) is 20.3 Å². The predicted molar refractivity (Wildman–Crippen MR) is 85.8 cm³/mol. The number of carbonyl (C=O) groups excluding carboxylic acids is 1. The summed E-state index contributed by atoms with van der Waals surface area (Å²) >= 11 is 0. The zero-order valence-electron chi connectivity index (χ0n) is 13.5. The Labute approximate surface area is 132 Å². The average molecular weight is 306 g/mol. The Bertz CT molecular complexity index is 475. The highest BCUT2D eigenvalue weighted by atomic mass is 16.5. The number of likely N-dealkylation sites (tertiary alicyclic amines) is 1. The summed E-state index contributed by atoms with van der Waals surface area (Å²) in [4.78, 5) is 16.2. The Balaban J connectivity index is 1.87. The fraction of sp³-hybridized carbons (Fsp3) is 0.588. The summed E-state index contributed by atoms with van der Waals surface area (Å²) in [5.74, 6) is 0.910. The van der Waals surface area contributed by atoms with Crippen LogP contribution in [-0.2, 0) is 11.3 Å². The second kappa shape index (κ2) is 8.15. The van der Waals surface area contributed by atoms with Gasteiger partial charge in [0.15, 0.2) is 0 Å². The quantitative estimate of drug-likeness (QED) is 0.865. The molecule has 0 aliphatic carbocycles. The van der Waals surface area contributed by atoms with Gasteiger partial charge in [-0.25, -0.2) is 0 Å². The van der Waals surface area contributed by atoms with Crippen LogP contribution in [0.3, 0.4) is 0 Å². The predicted octanol–water partition coefficient (Wildman–Crippen LogP) is 1.50. The van der Waals surface area contributed by atoms with Crippen molar-refractivity contribution < 1.29 is 14.6 Å². The molecule has 0 aromatic heterocycles. The molecule has 5 nitrogen and oxygen atoms in total. The molecule has 1 heterocycles. The summed E-state index contributed by atoms with van der Waals surface area (Å²) in [6.45, 7) is 2.00. The van der Waals surface area contributed by atoms with Crippen molar-refractivity contribution in [3.05, 3.63) is 29.8 Å². The Hall–Kier alpha value is -1.59. The first-order valence-electron chi connectivity index (χ1n) is 7.86. The molecule has 1 aliphatic heterocycles.